The van der Waals surface area contributed by atoms with Crippen molar-refractivity contribution in [2.24, 2.45) is 0 Å². The van der Waals surface area contributed by atoms with Crippen LogP contribution >= 0.6 is 7.82 Å². The van der Waals surface area contributed by atoms with Gasteiger partial charge >= 0.3 is 0 Å². The first-order chi connectivity index (χ1) is 39.5. The van der Waals surface area contributed by atoms with Gasteiger partial charge in [0.2, 0.25) is 5.91 Å². The molecule has 3 atom stereocenters. The van der Waals surface area contributed by atoms with Gasteiger partial charge in [-0.3, -0.25) is 9.36 Å². The second kappa shape index (κ2) is 62.7. The summed E-state index contributed by atoms with van der Waals surface area (Å²) in [6.45, 7) is 4.66. The number of amides is 1. The average Bonchev–Trinajstić information content (AvgIpc) is 3.43. The highest BCUT2D eigenvalue weighted by atomic mass is 31.2. The second-order valence-electron chi connectivity index (χ2n) is 25.2. The molecule has 0 aliphatic carbocycles. The molecule has 3 unspecified atom stereocenters. The summed E-state index contributed by atoms with van der Waals surface area (Å²) in [5.41, 5.74) is 0. The number of likely N-dealkylation sites (N-methyl/N-ethyl adjacent to an activating group) is 1. The Kier molecular flexibility index (Phi) is 61.3. The lowest BCUT2D eigenvalue weighted by molar-refractivity contribution is -0.870. The Morgan fingerprint density at radius 1 is 0.432 bits per heavy atom. The molecule has 0 radical (unpaired) electrons. The second-order valence-corrected chi connectivity index (χ2v) is 26.6. The minimum absolute atomic E-state index is 0.00937. The van der Waals surface area contributed by atoms with Gasteiger partial charge in [-0.25, -0.2) is 0 Å². The van der Waals surface area contributed by atoms with Gasteiger partial charge < -0.3 is 28.8 Å². The number of hydrogen-bond acceptors (Lipinski definition) is 6. The maximum atomic E-state index is 13.0. The summed E-state index contributed by atoms with van der Waals surface area (Å²) in [4.78, 5) is 25.6. The number of nitrogens with zero attached hydrogens (tertiary/aromatic N) is 1. The van der Waals surface area contributed by atoms with E-state index in [1.807, 2.05) is 27.2 Å². The summed E-state index contributed by atoms with van der Waals surface area (Å²) in [5.74, 6) is -0.207. The van der Waals surface area contributed by atoms with Crippen molar-refractivity contribution in [1.29, 1.82) is 0 Å². The Labute approximate surface area is 504 Å². The maximum Gasteiger partial charge on any atom is 0.268 e. The minimum atomic E-state index is -4.62. The van der Waals surface area contributed by atoms with Crippen molar-refractivity contribution in [2.45, 2.75) is 353 Å². The van der Waals surface area contributed by atoms with Gasteiger partial charge in [0.15, 0.2) is 0 Å². The van der Waals surface area contributed by atoms with Crippen molar-refractivity contribution >= 4 is 13.7 Å². The number of phosphoric ester groups is 1. The maximum absolute atomic E-state index is 13.0. The summed E-state index contributed by atoms with van der Waals surface area (Å²) in [6.07, 6.45) is 86.4. The first-order valence-electron chi connectivity index (χ1n) is 35.2. The van der Waals surface area contributed by atoms with Crippen LogP contribution in [-0.2, 0) is 18.4 Å². The highest BCUT2D eigenvalue weighted by Gasteiger charge is 2.23. The molecule has 81 heavy (non-hydrogen) atoms. The van der Waals surface area contributed by atoms with E-state index in [4.69, 9.17) is 9.05 Å². The number of aliphatic hydroxyl groups excluding tert-OH is 1. The monoisotopic (exact) mass is 1160 g/mol. The lowest BCUT2D eigenvalue weighted by Gasteiger charge is -2.29. The van der Waals surface area contributed by atoms with E-state index < -0.39 is 26.6 Å². The predicted octanol–water partition coefficient (Wildman–Crippen LogP) is 21.8. The summed E-state index contributed by atoms with van der Waals surface area (Å²) in [7, 11) is 1.24. The van der Waals surface area contributed by atoms with E-state index in [9.17, 15) is 19.4 Å². The summed E-state index contributed by atoms with van der Waals surface area (Å²) >= 11 is 0. The smallest absolute Gasteiger partial charge is 0.268 e. The molecule has 0 heterocycles. The predicted molar refractivity (Wildman–Crippen MR) is 353 cm³/mol. The zero-order chi connectivity index (χ0) is 59.1. The Hall–Kier alpha value is -1.80. The first kappa shape index (κ1) is 79.2. The van der Waals surface area contributed by atoms with Crippen LogP contribution in [0.15, 0.2) is 60.8 Å². The Morgan fingerprint density at radius 3 is 1.07 bits per heavy atom. The fourth-order valence-corrected chi connectivity index (χ4v) is 11.2. The summed E-state index contributed by atoms with van der Waals surface area (Å²) < 4.78 is 23.4. The molecule has 0 bridgehead atoms. The van der Waals surface area contributed by atoms with Gasteiger partial charge in [0, 0.05) is 6.42 Å². The van der Waals surface area contributed by atoms with Gasteiger partial charge in [0.05, 0.1) is 39.9 Å². The van der Waals surface area contributed by atoms with Gasteiger partial charge in [-0.2, -0.15) is 0 Å². The van der Waals surface area contributed by atoms with Crippen molar-refractivity contribution in [1.82, 2.24) is 5.32 Å². The number of rotatable bonds is 65. The fraction of sp³-hybridized carbons (Fsp3) is 0.847. The molecule has 0 aliphatic heterocycles. The largest absolute Gasteiger partial charge is 0.756 e. The number of allylic oxidation sites excluding steroid dienone is 9. The Balaban J connectivity index is 4.05. The highest BCUT2D eigenvalue weighted by molar-refractivity contribution is 7.45. The molecule has 0 fully saturated rings. The van der Waals surface area contributed by atoms with Crippen molar-refractivity contribution in [3.8, 4) is 0 Å². The van der Waals surface area contributed by atoms with Crippen molar-refractivity contribution < 1.29 is 32.9 Å². The van der Waals surface area contributed by atoms with Crippen LogP contribution < -0.4 is 10.2 Å². The molecule has 0 saturated carbocycles. The topological polar surface area (TPSA) is 108 Å². The van der Waals surface area contributed by atoms with E-state index in [0.29, 0.717) is 17.4 Å². The normalized spacial score (nSPS) is 14.0. The van der Waals surface area contributed by atoms with Crippen LogP contribution in [0.25, 0.3) is 0 Å². The molecule has 9 heteroatoms. The van der Waals surface area contributed by atoms with Crippen LogP contribution in [0.2, 0.25) is 0 Å². The van der Waals surface area contributed by atoms with Crippen LogP contribution in [-0.4, -0.2) is 68.5 Å². The lowest BCUT2D eigenvalue weighted by atomic mass is 10.0. The molecule has 0 aromatic rings. The molecule has 476 valence electrons. The van der Waals surface area contributed by atoms with Crippen LogP contribution in [0.5, 0.6) is 0 Å². The van der Waals surface area contributed by atoms with Crippen molar-refractivity contribution in [3.63, 3.8) is 0 Å². The van der Waals surface area contributed by atoms with Crippen molar-refractivity contribution in [3.05, 3.63) is 60.8 Å². The first-order valence-corrected chi connectivity index (χ1v) is 36.6. The average molecular weight is 1160 g/mol. The third-order valence-corrected chi connectivity index (χ3v) is 16.9. The highest BCUT2D eigenvalue weighted by Crippen LogP contribution is 2.38. The standard InChI is InChI=1S/C72H137N2O6P/c1-6-8-10-12-14-16-18-20-22-24-26-28-30-31-32-33-34-35-36-37-38-39-40-41-42-43-44-46-48-50-52-54-56-58-60-62-64-66-72(76)73-70(69-80-81(77,78)79-68-67-74(3,4)5)71(75)65-63-61-59-57-55-53-51-49-47-45-29-27-25-23-21-19-17-15-13-11-9-7-2/h32-33,35-36,47,49,55,57,63,65,70-71,75H,6-31,34,37-46,48,50-54,56,58-62,64,66-69H2,1-5H3,(H-,73,76,77,78)/b33-32-,36-35-,49-47+,57-55+,65-63+. The summed E-state index contributed by atoms with van der Waals surface area (Å²) in [5, 5.41) is 13.9. The number of aliphatic hydroxyl groups is 1. The van der Waals surface area contributed by atoms with Gasteiger partial charge in [-0.15, -0.1) is 0 Å². The minimum Gasteiger partial charge on any atom is -0.756 e. The van der Waals surface area contributed by atoms with Gasteiger partial charge in [-0.05, 0) is 77.0 Å². The molecule has 0 aliphatic rings. The Bertz CT molecular complexity index is 1500. The quantitative estimate of drug-likeness (QED) is 0.0272. The number of nitrogens with one attached hydrogen (secondary N) is 1. The van der Waals surface area contributed by atoms with Crippen LogP contribution in [0.4, 0.5) is 0 Å². The zero-order valence-electron chi connectivity index (χ0n) is 54.5. The molecule has 1 amide bonds. The van der Waals surface area contributed by atoms with Crippen LogP contribution in [0.1, 0.15) is 341 Å². The molecule has 0 rings (SSSR count). The van der Waals surface area contributed by atoms with Gasteiger partial charge in [0.25, 0.3) is 7.82 Å². The van der Waals surface area contributed by atoms with E-state index >= 15 is 0 Å². The number of carbonyl (C=O) groups is 1. The zero-order valence-corrected chi connectivity index (χ0v) is 55.4. The molecular formula is C72H137N2O6P. The SMILES string of the molecule is CCCCCCCCCCCCCC/C=C/CC/C=C/CC/C=C/C(O)C(COP(=O)([O-])OCC[N+](C)(C)C)NC(=O)CCCCCCCCCCCCCCCCCCC/C=C\C/C=C\CCCCCCCCCCCCCCC. The van der Waals surface area contributed by atoms with Gasteiger partial charge in [-0.1, -0.05) is 319 Å². The van der Waals surface area contributed by atoms with E-state index in [1.165, 1.54) is 270 Å². The number of quaternary nitrogens is 1. The number of unbranched alkanes of at least 4 members (excludes halogenated alkanes) is 44. The Morgan fingerprint density at radius 2 is 0.728 bits per heavy atom. The van der Waals surface area contributed by atoms with E-state index in [1.54, 1.807) is 6.08 Å². The lowest BCUT2D eigenvalue weighted by Crippen LogP contribution is -2.45. The molecule has 0 aromatic carbocycles. The third kappa shape index (κ3) is 65.6. The third-order valence-electron chi connectivity index (χ3n) is 15.9. The van der Waals surface area contributed by atoms with E-state index in [-0.39, 0.29) is 12.5 Å². The molecular weight excluding hydrogens is 1020 g/mol. The van der Waals surface area contributed by atoms with Gasteiger partial charge in [0.1, 0.15) is 13.2 Å². The molecule has 2 N–H and O–H groups in total. The fourth-order valence-electron chi connectivity index (χ4n) is 10.5. The van der Waals surface area contributed by atoms with E-state index in [2.05, 4.69) is 67.8 Å². The number of carbonyl (C=O) groups excluding carboxylic acids is 1. The molecule has 8 nitrogen and oxygen atoms in total. The van der Waals surface area contributed by atoms with Crippen LogP contribution in [0, 0.1) is 0 Å². The van der Waals surface area contributed by atoms with E-state index in [0.717, 1.165) is 51.4 Å². The summed E-state index contributed by atoms with van der Waals surface area (Å²) in [6, 6.07) is -0.912. The van der Waals surface area contributed by atoms with Crippen molar-refractivity contribution in [2.75, 3.05) is 40.9 Å². The molecule has 0 saturated heterocycles. The molecule has 0 aromatic heterocycles. The van der Waals surface area contributed by atoms with Crippen LogP contribution in [0.3, 0.4) is 0 Å². The molecule has 0 spiro atoms. The number of phosphoric acid groups is 1. The number of hydrogen-bond donors (Lipinski definition) is 2.